The van der Waals surface area contributed by atoms with Crippen molar-refractivity contribution in [3.8, 4) is 0 Å². The molecular formula is C24H23FN2O4S. The van der Waals surface area contributed by atoms with Crippen LogP contribution in [0.1, 0.15) is 35.8 Å². The third kappa shape index (κ3) is 5.15. The average Bonchev–Trinajstić information content (AvgIpc) is 3.49. The van der Waals surface area contributed by atoms with Crippen molar-refractivity contribution in [2.75, 3.05) is 6.54 Å². The van der Waals surface area contributed by atoms with Crippen LogP contribution >= 0.6 is 0 Å². The molecule has 1 saturated heterocycles. The SMILES string of the molecule is O=C(/C=C/c1ccc(S(=O)(=O)NCc2ccco2)cc1)N1CCCC1c1ccc(F)cc1. The number of benzene rings is 2. The molecule has 0 aliphatic carbocycles. The molecule has 1 atom stereocenters. The molecule has 1 amide bonds. The Balaban J connectivity index is 1.39. The van der Waals surface area contributed by atoms with Gasteiger partial charge in [-0.15, -0.1) is 0 Å². The van der Waals surface area contributed by atoms with Gasteiger partial charge < -0.3 is 9.32 Å². The van der Waals surface area contributed by atoms with Crippen molar-refractivity contribution in [2.24, 2.45) is 0 Å². The van der Waals surface area contributed by atoms with Gasteiger partial charge in [-0.3, -0.25) is 4.79 Å². The first-order chi connectivity index (χ1) is 15.4. The predicted octanol–water partition coefficient (Wildman–Crippen LogP) is 4.27. The highest BCUT2D eigenvalue weighted by Gasteiger charge is 2.28. The molecular weight excluding hydrogens is 431 g/mol. The van der Waals surface area contributed by atoms with Gasteiger partial charge in [-0.25, -0.2) is 17.5 Å². The summed E-state index contributed by atoms with van der Waals surface area (Å²) in [6.07, 6.45) is 6.35. The molecule has 4 rings (SSSR count). The second kappa shape index (κ2) is 9.50. The Hall–Kier alpha value is -3.23. The van der Waals surface area contributed by atoms with Crippen molar-refractivity contribution in [1.82, 2.24) is 9.62 Å². The number of carbonyl (C=O) groups excluding carboxylic acids is 1. The number of nitrogens with one attached hydrogen (secondary N) is 1. The molecule has 1 aromatic heterocycles. The summed E-state index contributed by atoms with van der Waals surface area (Å²) in [5, 5.41) is 0. The molecule has 166 valence electrons. The highest BCUT2D eigenvalue weighted by Crippen LogP contribution is 2.32. The molecule has 1 fully saturated rings. The number of halogens is 1. The van der Waals surface area contributed by atoms with Crippen LogP contribution in [0.4, 0.5) is 4.39 Å². The van der Waals surface area contributed by atoms with Crippen LogP contribution in [0, 0.1) is 5.82 Å². The fraction of sp³-hybridized carbons (Fsp3) is 0.208. The summed E-state index contributed by atoms with van der Waals surface area (Å²) in [5.41, 5.74) is 1.63. The summed E-state index contributed by atoms with van der Waals surface area (Å²) >= 11 is 0. The van der Waals surface area contributed by atoms with E-state index in [-0.39, 0.29) is 29.2 Å². The van der Waals surface area contributed by atoms with E-state index in [9.17, 15) is 17.6 Å². The first-order valence-corrected chi connectivity index (χ1v) is 11.8. The van der Waals surface area contributed by atoms with E-state index in [1.807, 2.05) is 0 Å². The minimum atomic E-state index is -3.67. The van der Waals surface area contributed by atoms with E-state index in [0.717, 1.165) is 18.4 Å². The number of hydrogen-bond acceptors (Lipinski definition) is 4. The summed E-state index contributed by atoms with van der Waals surface area (Å²) < 4.78 is 45.7. The first-order valence-electron chi connectivity index (χ1n) is 10.3. The zero-order valence-electron chi connectivity index (χ0n) is 17.3. The lowest BCUT2D eigenvalue weighted by Gasteiger charge is -2.23. The van der Waals surface area contributed by atoms with Gasteiger partial charge in [0.15, 0.2) is 0 Å². The lowest BCUT2D eigenvalue weighted by atomic mass is 10.0. The quantitative estimate of drug-likeness (QED) is 0.541. The zero-order chi connectivity index (χ0) is 22.6. The highest BCUT2D eigenvalue weighted by molar-refractivity contribution is 7.89. The van der Waals surface area contributed by atoms with Gasteiger partial charge in [0, 0.05) is 12.6 Å². The fourth-order valence-corrected chi connectivity index (χ4v) is 4.74. The Morgan fingerprint density at radius 1 is 1.12 bits per heavy atom. The van der Waals surface area contributed by atoms with Gasteiger partial charge in [0.1, 0.15) is 11.6 Å². The van der Waals surface area contributed by atoms with E-state index in [1.54, 1.807) is 47.4 Å². The number of furan rings is 1. The number of hydrogen-bond donors (Lipinski definition) is 1. The van der Waals surface area contributed by atoms with Gasteiger partial charge in [-0.2, -0.15) is 0 Å². The van der Waals surface area contributed by atoms with Crippen LogP contribution in [0.25, 0.3) is 6.08 Å². The third-order valence-electron chi connectivity index (χ3n) is 5.42. The average molecular weight is 455 g/mol. The first kappa shape index (κ1) is 22.0. The number of sulfonamides is 1. The summed E-state index contributed by atoms with van der Waals surface area (Å²) in [6, 6.07) is 15.8. The largest absolute Gasteiger partial charge is 0.468 e. The van der Waals surface area contributed by atoms with Gasteiger partial charge in [0.2, 0.25) is 15.9 Å². The molecule has 2 aromatic carbocycles. The van der Waals surface area contributed by atoms with Crippen LogP contribution in [-0.2, 0) is 21.4 Å². The lowest BCUT2D eigenvalue weighted by molar-refractivity contribution is -0.126. The maximum atomic E-state index is 13.2. The molecule has 0 spiro atoms. The van der Waals surface area contributed by atoms with Crippen LogP contribution in [0.2, 0.25) is 0 Å². The second-order valence-corrected chi connectivity index (χ2v) is 9.31. The zero-order valence-corrected chi connectivity index (χ0v) is 18.1. The van der Waals surface area contributed by atoms with Gasteiger partial charge in [0.05, 0.1) is 23.7 Å². The molecule has 1 aliphatic rings. The molecule has 3 aromatic rings. The number of nitrogens with zero attached hydrogens (tertiary/aromatic N) is 1. The Morgan fingerprint density at radius 2 is 1.88 bits per heavy atom. The molecule has 32 heavy (non-hydrogen) atoms. The van der Waals surface area contributed by atoms with Crippen molar-refractivity contribution in [1.29, 1.82) is 0 Å². The van der Waals surface area contributed by atoms with Crippen molar-refractivity contribution >= 4 is 22.0 Å². The molecule has 2 heterocycles. The maximum absolute atomic E-state index is 13.2. The number of carbonyl (C=O) groups is 1. The molecule has 1 N–H and O–H groups in total. The van der Waals surface area contributed by atoms with Gasteiger partial charge in [-0.1, -0.05) is 24.3 Å². The smallest absolute Gasteiger partial charge is 0.247 e. The van der Waals surface area contributed by atoms with Gasteiger partial charge in [-0.05, 0) is 66.4 Å². The Kier molecular flexibility index (Phi) is 6.53. The van der Waals surface area contributed by atoms with Crippen molar-refractivity contribution in [3.63, 3.8) is 0 Å². The van der Waals surface area contributed by atoms with Crippen molar-refractivity contribution in [2.45, 2.75) is 30.3 Å². The van der Waals surface area contributed by atoms with Crippen molar-refractivity contribution in [3.05, 3.63) is 95.7 Å². The number of rotatable bonds is 7. The van der Waals surface area contributed by atoms with E-state index in [1.165, 1.54) is 36.6 Å². The van der Waals surface area contributed by atoms with Gasteiger partial charge >= 0.3 is 0 Å². The molecule has 0 saturated carbocycles. The fourth-order valence-electron chi connectivity index (χ4n) is 3.75. The number of likely N-dealkylation sites (tertiary alicyclic amines) is 1. The minimum Gasteiger partial charge on any atom is -0.468 e. The molecule has 6 nitrogen and oxygen atoms in total. The topological polar surface area (TPSA) is 79.6 Å². The summed E-state index contributed by atoms with van der Waals surface area (Å²) in [6.45, 7) is 0.709. The van der Waals surface area contributed by atoms with Crippen LogP contribution in [0.3, 0.4) is 0 Å². The van der Waals surface area contributed by atoms with Crippen LogP contribution in [-0.4, -0.2) is 25.8 Å². The Morgan fingerprint density at radius 3 is 2.56 bits per heavy atom. The third-order valence-corrected chi connectivity index (χ3v) is 6.83. The summed E-state index contributed by atoms with van der Waals surface area (Å²) in [7, 11) is -3.67. The van der Waals surface area contributed by atoms with E-state index in [0.29, 0.717) is 17.9 Å². The van der Waals surface area contributed by atoms with Crippen LogP contribution in [0.15, 0.2) is 82.3 Å². The maximum Gasteiger partial charge on any atom is 0.247 e. The van der Waals surface area contributed by atoms with Crippen LogP contribution < -0.4 is 4.72 Å². The monoisotopic (exact) mass is 454 g/mol. The Labute approximate surface area is 186 Å². The molecule has 1 aliphatic heterocycles. The molecule has 8 heteroatoms. The minimum absolute atomic E-state index is 0.0660. The molecule has 1 unspecified atom stereocenters. The summed E-state index contributed by atoms with van der Waals surface area (Å²) in [4.78, 5) is 14.7. The van der Waals surface area contributed by atoms with E-state index >= 15 is 0 Å². The van der Waals surface area contributed by atoms with E-state index in [4.69, 9.17) is 4.42 Å². The standard InChI is InChI=1S/C24H23FN2O4S/c25-20-10-8-19(9-11-20)23-4-1-15-27(23)24(28)14-7-18-5-12-22(13-6-18)32(29,30)26-17-21-3-2-16-31-21/h2-3,5-14,16,23,26H,1,4,15,17H2/b14-7+. The highest BCUT2D eigenvalue weighted by atomic mass is 32.2. The second-order valence-electron chi connectivity index (χ2n) is 7.55. The lowest BCUT2D eigenvalue weighted by Crippen LogP contribution is -2.28. The van der Waals surface area contributed by atoms with Crippen LogP contribution in [0.5, 0.6) is 0 Å². The number of amides is 1. The Bertz CT molecular complexity index is 1190. The predicted molar refractivity (Wildman–Crippen MR) is 118 cm³/mol. The van der Waals surface area contributed by atoms with Gasteiger partial charge in [0.25, 0.3) is 0 Å². The van der Waals surface area contributed by atoms with Crippen molar-refractivity contribution < 1.29 is 22.0 Å². The normalized spacial score (nSPS) is 16.7. The molecule has 0 bridgehead atoms. The molecule has 0 radical (unpaired) electrons. The summed E-state index contributed by atoms with van der Waals surface area (Å²) in [5.74, 6) is 0.0901. The van der Waals surface area contributed by atoms with E-state index in [2.05, 4.69) is 4.72 Å². The van der Waals surface area contributed by atoms with E-state index < -0.39 is 10.0 Å².